The monoisotopic (exact) mass is 261 g/mol. The second kappa shape index (κ2) is 5.10. The molecule has 0 amide bonds. The van der Waals surface area contributed by atoms with Gasteiger partial charge in [0.1, 0.15) is 5.75 Å². The van der Waals surface area contributed by atoms with Gasteiger partial charge in [-0.2, -0.15) is 0 Å². The first-order valence-corrected chi connectivity index (χ1v) is 6.48. The molecule has 2 heteroatoms. The zero-order valence-corrected chi connectivity index (χ0v) is 11.0. The molecule has 0 spiro atoms. The van der Waals surface area contributed by atoms with E-state index < -0.39 is 0 Å². The van der Waals surface area contributed by atoms with Gasteiger partial charge in [0.25, 0.3) is 0 Å². The third kappa shape index (κ3) is 2.50. The highest BCUT2D eigenvalue weighted by Crippen LogP contribution is 2.26. The Morgan fingerprint density at radius 3 is 1.20 bits per heavy atom. The molecule has 0 bridgehead atoms. The highest BCUT2D eigenvalue weighted by molar-refractivity contribution is 5.71. The largest absolute Gasteiger partial charge is 0.508 e. The van der Waals surface area contributed by atoms with Gasteiger partial charge in [0.2, 0.25) is 0 Å². The molecule has 98 valence electrons. The first-order chi connectivity index (χ1) is 9.72. The van der Waals surface area contributed by atoms with Gasteiger partial charge in [-0.15, -0.1) is 0 Å². The van der Waals surface area contributed by atoms with E-state index in [1.54, 1.807) is 12.1 Å². The molecular weight excluding hydrogens is 246 g/mol. The summed E-state index contributed by atoms with van der Waals surface area (Å²) in [5.41, 5.74) is 11.0. The minimum atomic E-state index is 0.284. The molecule has 3 aromatic rings. The fourth-order valence-corrected chi connectivity index (χ4v) is 2.18. The minimum Gasteiger partial charge on any atom is -0.508 e. The lowest BCUT2D eigenvalue weighted by Gasteiger charge is -2.05. The Labute approximate surface area is 118 Å². The number of aromatic hydroxyl groups is 1. The summed E-state index contributed by atoms with van der Waals surface area (Å²) in [4.78, 5) is 0. The van der Waals surface area contributed by atoms with Gasteiger partial charge < -0.3 is 10.8 Å². The van der Waals surface area contributed by atoms with Crippen molar-refractivity contribution in [2.45, 2.75) is 0 Å². The maximum atomic E-state index is 9.31. The van der Waals surface area contributed by atoms with Crippen molar-refractivity contribution in [2.75, 3.05) is 5.73 Å². The van der Waals surface area contributed by atoms with E-state index in [0.717, 1.165) is 27.9 Å². The molecule has 3 N–H and O–H groups in total. The third-order valence-electron chi connectivity index (χ3n) is 3.33. The zero-order chi connectivity index (χ0) is 13.9. The van der Waals surface area contributed by atoms with Gasteiger partial charge in [-0.25, -0.2) is 0 Å². The fraction of sp³-hybridized carbons (Fsp3) is 0. The maximum absolute atomic E-state index is 9.31. The third-order valence-corrected chi connectivity index (χ3v) is 3.33. The van der Waals surface area contributed by atoms with E-state index >= 15 is 0 Å². The molecule has 0 saturated carbocycles. The van der Waals surface area contributed by atoms with Gasteiger partial charge in [-0.3, -0.25) is 0 Å². The molecule has 0 aliphatic carbocycles. The van der Waals surface area contributed by atoms with Gasteiger partial charge in [0.15, 0.2) is 0 Å². The van der Waals surface area contributed by atoms with Crippen LogP contribution in [0, 0.1) is 0 Å². The highest BCUT2D eigenvalue weighted by Gasteiger charge is 2.00. The van der Waals surface area contributed by atoms with E-state index in [9.17, 15) is 5.11 Å². The van der Waals surface area contributed by atoms with E-state index in [0.29, 0.717) is 0 Å². The van der Waals surface area contributed by atoms with Crippen LogP contribution in [0.1, 0.15) is 0 Å². The lowest BCUT2D eigenvalue weighted by Crippen LogP contribution is -1.84. The molecule has 0 aliphatic heterocycles. The SMILES string of the molecule is Nc1ccc(-c2ccc(-c3ccc(O)cc3)cc2)cc1. The molecule has 2 nitrogen and oxygen atoms in total. The Bertz CT molecular complexity index is 633. The topological polar surface area (TPSA) is 46.2 Å². The summed E-state index contributed by atoms with van der Waals surface area (Å²) in [6.45, 7) is 0. The van der Waals surface area contributed by atoms with Crippen LogP contribution in [-0.4, -0.2) is 5.11 Å². The van der Waals surface area contributed by atoms with Crippen LogP contribution in [0.15, 0.2) is 72.8 Å². The van der Waals surface area contributed by atoms with Crippen molar-refractivity contribution in [1.29, 1.82) is 0 Å². The van der Waals surface area contributed by atoms with Crippen LogP contribution in [0.5, 0.6) is 5.75 Å². The van der Waals surface area contributed by atoms with Crippen molar-refractivity contribution in [2.24, 2.45) is 0 Å². The van der Waals surface area contributed by atoms with Crippen molar-refractivity contribution in [3.05, 3.63) is 72.8 Å². The number of phenols is 1. The number of hydrogen-bond donors (Lipinski definition) is 2. The average molecular weight is 261 g/mol. The van der Waals surface area contributed by atoms with Crippen LogP contribution in [-0.2, 0) is 0 Å². The van der Waals surface area contributed by atoms with E-state index in [1.165, 1.54) is 0 Å². The minimum absolute atomic E-state index is 0.284. The van der Waals surface area contributed by atoms with E-state index in [2.05, 4.69) is 24.3 Å². The molecule has 0 fully saturated rings. The predicted molar refractivity (Wildman–Crippen MR) is 83.4 cm³/mol. The van der Waals surface area contributed by atoms with Crippen LogP contribution in [0.25, 0.3) is 22.3 Å². The predicted octanol–water partition coefficient (Wildman–Crippen LogP) is 4.31. The van der Waals surface area contributed by atoms with Crippen molar-refractivity contribution >= 4 is 5.69 Å². The van der Waals surface area contributed by atoms with Gasteiger partial charge >= 0.3 is 0 Å². The second-order valence-electron chi connectivity index (χ2n) is 4.75. The molecule has 0 aliphatic rings. The molecule has 3 rings (SSSR count). The first kappa shape index (κ1) is 12.3. The summed E-state index contributed by atoms with van der Waals surface area (Å²) in [5.74, 6) is 0.284. The summed E-state index contributed by atoms with van der Waals surface area (Å²) in [6, 6.07) is 23.4. The van der Waals surface area contributed by atoms with Gasteiger partial charge in [0, 0.05) is 5.69 Å². The van der Waals surface area contributed by atoms with E-state index in [1.807, 2.05) is 36.4 Å². The molecule has 0 heterocycles. The number of phenolic OH excluding ortho intramolecular Hbond substituents is 1. The number of nitrogen functional groups attached to an aromatic ring is 1. The average Bonchev–Trinajstić information content (AvgIpc) is 2.49. The Kier molecular flexibility index (Phi) is 3.13. The Balaban J connectivity index is 1.91. The first-order valence-electron chi connectivity index (χ1n) is 6.48. The summed E-state index contributed by atoms with van der Waals surface area (Å²) in [5, 5.41) is 9.31. The number of nitrogens with two attached hydrogens (primary N) is 1. The van der Waals surface area contributed by atoms with Crippen LogP contribution < -0.4 is 5.73 Å². The van der Waals surface area contributed by atoms with Crippen LogP contribution in [0.2, 0.25) is 0 Å². The molecule has 3 aromatic carbocycles. The van der Waals surface area contributed by atoms with E-state index in [4.69, 9.17) is 5.73 Å². The summed E-state index contributed by atoms with van der Waals surface area (Å²) < 4.78 is 0. The second-order valence-corrected chi connectivity index (χ2v) is 4.75. The van der Waals surface area contributed by atoms with Gasteiger partial charge in [0.05, 0.1) is 0 Å². The van der Waals surface area contributed by atoms with Crippen LogP contribution in [0.4, 0.5) is 5.69 Å². The van der Waals surface area contributed by atoms with Gasteiger partial charge in [-0.1, -0.05) is 48.5 Å². The quantitative estimate of drug-likeness (QED) is 0.675. The van der Waals surface area contributed by atoms with Crippen molar-refractivity contribution in [3.63, 3.8) is 0 Å². The van der Waals surface area contributed by atoms with Crippen LogP contribution in [0.3, 0.4) is 0 Å². The standard InChI is InChI=1S/C18H15NO/c19-17-9-5-15(6-10-17)13-1-3-14(4-2-13)16-7-11-18(20)12-8-16/h1-12,20H,19H2. The lowest BCUT2D eigenvalue weighted by atomic mass is 10.0. The lowest BCUT2D eigenvalue weighted by molar-refractivity contribution is 0.475. The molecule has 0 radical (unpaired) electrons. The zero-order valence-electron chi connectivity index (χ0n) is 11.0. The number of anilines is 1. The molecule has 0 atom stereocenters. The molecular formula is C18H15NO. The number of benzene rings is 3. The Morgan fingerprint density at radius 2 is 0.800 bits per heavy atom. The molecule has 0 aromatic heterocycles. The number of hydrogen-bond acceptors (Lipinski definition) is 2. The maximum Gasteiger partial charge on any atom is 0.115 e. The van der Waals surface area contributed by atoms with E-state index in [-0.39, 0.29) is 5.75 Å². The summed E-state index contributed by atoms with van der Waals surface area (Å²) in [6.07, 6.45) is 0. The summed E-state index contributed by atoms with van der Waals surface area (Å²) >= 11 is 0. The van der Waals surface area contributed by atoms with Crippen molar-refractivity contribution in [3.8, 4) is 28.0 Å². The molecule has 20 heavy (non-hydrogen) atoms. The Hall–Kier alpha value is -2.74. The smallest absolute Gasteiger partial charge is 0.115 e. The highest BCUT2D eigenvalue weighted by atomic mass is 16.3. The normalized spacial score (nSPS) is 10.4. The Morgan fingerprint density at radius 1 is 0.500 bits per heavy atom. The van der Waals surface area contributed by atoms with Gasteiger partial charge in [-0.05, 0) is 46.5 Å². The summed E-state index contributed by atoms with van der Waals surface area (Å²) in [7, 11) is 0. The molecule has 0 unspecified atom stereocenters. The molecule has 0 saturated heterocycles. The van der Waals surface area contributed by atoms with Crippen molar-refractivity contribution in [1.82, 2.24) is 0 Å². The van der Waals surface area contributed by atoms with Crippen molar-refractivity contribution < 1.29 is 5.11 Å². The number of rotatable bonds is 2. The fourth-order valence-electron chi connectivity index (χ4n) is 2.18. The van der Waals surface area contributed by atoms with Crippen LogP contribution >= 0.6 is 0 Å².